The van der Waals surface area contributed by atoms with Crippen LogP contribution in [-0.2, 0) is 19.2 Å². The minimum Gasteiger partial charge on any atom is -0.295 e. The molecule has 4 nitrogen and oxygen atoms in total. The minimum absolute atomic E-state index is 0.164. The van der Waals surface area contributed by atoms with Gasteiger partial charge in [-0.25, -0.2) is 0 Å². The Labute approximate surface area is 369 Å². The van der Waals surface area contributed by atoms with Crippen LogP contribution in [0, 0.1) is 39.4 Å². The predicted octanol–water partition coefficient (Wildman–Crippen LogP) is 15.8. The molecule has 4 rings (SSSR count). The second kappa shape index (κ2) is 24.9. The maximum Gasteiger partial charge on any atom is 0.155 e. The van der Waals surface area contributed by atoms with E-state index in [4.69, 9.17) is 0 Å². The molecule has 4 heteroatoms. The summed E-state index contributed by atoms with van der Waals surface area (Å²) in [6, 6.07) is 0. The van der Waals surface area contributed by atoms with E-state index in [-0.39, 0.29) is 34.0 Å². The first kappa shape index (κ1) is 54.6. The molecule has 0 aliphatic heterocycles. The minimum atomic E-state index is 0.164. The van der Waals surface area contributed by atoms with E-state index in [0.717, 1.165) is 24.8 Å². The number of Topliss-reactive ketones (excluding diaryl/α,β-unsaturated/α-hetero) is 1. The standard InChI is InChI=1S/4C14H22O/c1-10-7-6-8-14(4,5)13(10)9-11(2)12(3)15;3*1-5-12(15)8-9-13-11(2)7-6-10-14(13,3)4/h7,9,13H,6,8H2,1-5H3;8-9,13H,2,5-7,10H2,1,3-4H3;5H,1,6-10H2,2-4H3;5,7,13H,1,6,8-10H2,2-4H3/t;13-;;13-/m.1.1/s1. The lowest BCUT2D eigenvalue weighted by Crippen LogP contribution is -2.28. The summed E-state index contributed by atoms with van der Waals surface area (Å²) in [7, 11) is 0. The van der Waals surface area contributed by atoms with Crippen molar-refractivity contribution in [1.82, 2.24) is 0 Å². The van der Waals surface area contributed by atoms with Gasteiger partial charge < -0.3 is 0 Å². The third-order valence-electron chi connectivity index (χ3n) is 14.2. The van der Waals surface area contributed by atoms with Crippen LogP contribution in [0.25, 0.3) is 0 Å². The predicted molar refractivity (Wildman–Crippen MR) is 259 cm³/mol. The summed E-state index contributed by atoms with van der Waals surface area (Å²) in [5.74, 6) is 2.10. The molecule has 0 aromatic carbocycles. The van der Waals surface area contributed by atoms with Gasteiger partial charge in [0, 0.05) is 31.1 Å². The summed E-state index contributed by atoms with van der Waals surface area (Å²) < 4.78 is 0. The van der Waals surface area contributed by atoms with Gasteiger partial charge >= 0.3 is 0 Å². The molecule has 0 saturated heterocycles. The zero-order valence-corrected chi connectivity index (χ0v) is 41.1. The number of rotatable bonds is 13. The highest BCUT2D eigenvalue weighted by atomic mass is 16.1. The molecule has 0 aromatic rings. The summed E-state index contributed by atoms with van der Waals surface area (Å²) in [4.78, 5) is 45.0. The monoisotopic (exact) mass is 825 g/mol. The average molecular weight is 825 g/mol. The fraction of sp³-hybridized carbons (Fsp3) is 0.643. The second-order valence-corrected chi connectivity index (χ2v) is 20.9. The van der Waals surface area contributed by atoms with Gasteiger partial charge in [0.25, 0.3) is 0 Å². The lowest BCUT2D eigenvalue weighted by molar-refractivity contribution is -0.115. The molecule has 0 radical (unpaired) electrons. The molecule has 0 spiro atoms. The molecule has 1 fully saturated rings. The first-order valence-corrected chi connectivity index (χ1v) is 23.2. The van der Waals surface area contributed by atoms with E-state index in [0.29, 0.717) is 47.8 Å². The third-order valence-corrected chi connectivity index (χ3v) is 14.2. The van der Waals surface area contributed by atoms with Gasteiger partial charge in [0.15, 0.2) is 23.1 Å². The maximum atomic E-state index is 11.3. The van der Waals surface area contributed by atoms with Crippen molar-refractivity contribution in [3.8, 4) is 0 Å². The summed E-state index contributed by atoms with van der Waals surface area (Å²) in [5, 5.41) is 0. The maximum absolute atomic E-state index is 11.3. The summed E-state index contributed by atoms with van der Waals surface area (Å²) in [6.07, 6.45) is 29.3. The van der Waals surface area contributed by atoms with E-state index >= 15 is 0 Å². The fourth-order valence-corrected chi connectivity index (χ4v) is 9.84. The highest BCUT2D eigenvalue weighted by Gasteiger charge is 2.34. The number of hydrogen-bond donors (Lipinski definition) is 0. The van der Waals surface area contributed by atoms with Crippen molar-refractivity contribution < 1.29 is 19.2 Å². The SMILES string of the molecule is C=C1CCCC(C)(C)[C@@H]1C=CC(=O)CC.C=CC(=O)CCC1=C(C)CCCC1(C)C.C=CC(=O)CC[C@@H]1C(C)=CCCC1(C)C.CC(=O)C(C)=CC1C(C)=CCCC1(C)C. The van der Waals surface area contributed by atoms with Gasteiger partial charge in [-0.15, -0.1) is 0 Å². The van der Waals surface area contributed by atoms with Gasteiger partial charge in [-0.1, -0.05) is 134 Å². The normalized spacial score (nSPS) is 24.1. The third kappa shape index (κ3) is 17.9. The Morgan fingerprint density at radius 2 is 1.23 bits per heavy atom. The molecule has 60 heavy (non-hydrogen) atoms. The quantitative estimate of drug-likeness (QED) is 0.137. The van der Waals surface area contributed by atoms with Crippen LogP contribution in [0.3, 0.4) is 0 Å². The zero-order chi connectivity index (χ0) is 46.1. The van der Waals surface area contributed by atoms with Crippen LogP contribution >= 0.6 is 0 Å². The first-order valence-electron chi connectivity index (χ1n) is 23.2. The first-order chi connectivity index (χ1) is 27.8. The van der Waals surface area contributed by atoms with Crippen molar-refractivity contribution in [3.63, 3.8) is 0 Å². The van der Waals surface area contributed by atoms with E-state index in [1.807, 2.05) is 13.8 Å². The molecule has 4 aliphatic rings. The molecule has 4 aliphatic carbocycles. The Morgan fingerprint density at radius 3 is 1.73 bits per heavy atom. The molecule has 3 atom stereocenters. The van der Waals surface area contributed by atoms with Crippen molar-refractivity contribution in [2.45, 2.75) is 193 Å². The van der Waals surface area contributed by atoms with E-state index in [1.165, 1.54) is 97.8 Å². The highest BCUT2D eigenvalue weighted by Crippen LogP contribution is 2.45. The summed E-state index contributed by atoms with van der Waals surface area (Å²) in [5.41, 5.74) is 9.25. The highest BCUT2D eigenvalue weighted by molar-refractivity contribution is 5.92. The number of carbonyl (C=O) groups is 4. The van der Waals surface area contributed by atoms with Crippen molar-refractivity contribution in [2.24, 2.45) is 39.4 Å². The van der Waals surface area contributed by atoms with Crippen LogP contribution in [0.15, 0.2) is 95.7 Å². The molecule has 0 N–H and O–H groups in total. The van der Waals surface area contributed by atoms with Crippen LogP contribution in [0.5, 0.6) is 0 Å². The number of hydrogen-bond acceptors (Lipinski definition) is 4. The number of ketones is 4. The van der Waals surface area contributed by atoms with E-state index in [2.05, 4.69) is 120 Å². The average Bonchev–Trinajstić information content (AvgIpc) is 3.15. The van der Waals surface area contributed by atoms with E-state index < -0.39 is 0 Å². The van der Waals surface area contributed by atoms with Gasteiger partial charge in [-0.3, -0.25) is 19.2 Å². The molecule has 336 valence electrons. The molecule has 1 saturated carbocycles. The van der Waals surface area contributed by atoms with Crippen LogP contribution in [0.1, 0.15) is 193 Å². The Bertz CT molecular complexity index is 1680. The lowest BCUT2D eigenvalue weighted by Gasteiger charge is -2.38. The molecule has 0 aromatic heterocycles. The molecular formula is C56H88O4. The Kier molecular flexibility index (Phi) is 22.7. The smallest absolute Gasteiger partial charge is 0.155 e. The molecule has 1 unspecified atom stereocenters. The molecule has 0 amide bonds. The Hall–Kier alpha value is -3.40. The largest absolute Gasteiger partial charge is 0.295 e. The second-order valence-electron chi connectivity index (χ2n) is 20.9. The molecule has 0 bridgehead atoms. The molecule has 0 heterocycles. The van der Waals surface area contributed by atoms with Crippen LogP contribution < -0.4 is 0 Å². The van der Waals surface area contributed by atoms with Crippen molar-refractivity contribution in [2.75, 3.05) is 0 Å². The topological polar surface area (TPSA) is 68.3 Å². The number of allylic oxidation sites excluding steroid dienone is 13. The van der Waals surface area contributed by atoms with E-state index in [1.54, 1.807) is 13.0 Å². The number of carbonyl (C=O) groups excluding carboxylic acids is 4. The van der Waals surface area contributed by atoms with Crippen molar-refractivity contribution in [3.05, 3.63) is 95.7 Å². The Morgan fingerprint density at radius 1 is 0.700 bits per heavy atom. The van der Waals surface area contributed by atoms with Crippen LogP contribution in [-0.4, -0.2) is 23.1 Å². The van der Waals surface area contributed by atoms with Crippen LogP contribution in [0.2, 0.25) is 0 Å². The zero-order valence-electron chi connectivity index (χ0n) is 41.1. The van der Waals surface area contributed by atoms with Gasteiger partial charge in [0.2, 0.25) is 0 Å². The molecular weight excluding hydrogens is 737 g/mol. The lowest BCUT2D eigenvalue weighted by atomic mass is 9.66. The fourth-order valence-electron chi connectivity index (χ4n) is 9.84. The van der Waals surface area contributed by atoms with Gasteiger partial charge in [-0.2, -0.15) is 0 Å². The van der Waals surface area contributed by atoms with Crippen LogP contribution in [0.4, 0.5) is 0 Å². The van der Waals surface area contributed by atoms with Crippen molar-refractivity contribution in [1.29, 1.82) is 0 Å². The van der Waals surface area contributed by atoms with Gasteiger partial charge in [0.1, 0.15) is 0 Å². The van der Waals surface area contributed by atoms with Gasteiger partial charge in [0.05, 0.1) is 0 Å². The van der Waals surface area contributed by atoms with Gasteiger partial charge in [-0.05, 0) is 163 Å². The van der Waals surface area contributed by atoms with E-state index in [9.17, 15) is 19.2 Å². The summed E-state index contributed by atoms with van der Waals surface area (Å²) >= 11 is 0. The van der Waals surface area contributed by atoms with Crippen molar-refractivity contribution >= 4 is 23.1 Å². The Balaban J connectivity index is 0.000000400. The summed E-state index contributed by atoms with van der Waals surface area (Å²) in [6.45, 7) is 41.5.